The minimum Gasteiger partial charge on any atom is -0.494 e. The van der Waals surface area contributed by atoms with Gasteiger partial charge in [0.25, 0.3) is 11.8 Å². The van der Waals surface area contributed by atoms with Gasteiger partial charge in [-0.15, -0.1) is 0 Å². The van der Waals surface area contributed by atoms with E-state index < -0.39 is 23.6 Å². The van der Waals surface area contributed by atoms with Crippen molar-refractivity contribution in [3.63, 3.8) is 0 Å². The number of imidazole rings is 2. The molecule has 0 saturated carbocycles. The van der Waals surface area contributed by atoms with Gasteiger partial charge in [0, 0.05) is 62.1 Å². The standard InChI is InChI=1S/C47H62N16O7/c1-8-53-35(18-27(3)48)43(66)56-46-54-33-20-29(41(49)64)22-37(68-7)39(33)60(46)14-10-11-15-61-40-34(55-47(61)57-44(67)36-19-28(4)58-63(36)9-2)21-30(42(50)65)23-38(40)70-17-13-12-16-69-32-24-31(25-59(5)6)62(26-32)45(51)52/h10-13,18-23,31-32H,8-9,14-17,24-26,48H2,1-7H3,(H2,49,64)(H2,50,65)(H3,51,52)(H,54,56,66)(H,55,57,67)/b11-10+,13-12+,27-18-,53-35?. The molecular formula is C47H62N16O7. The predicted molar refractivity (Wildman–Crippen MR) is 267 cm³/mol. The normalized spacial score (nSPS) is 15.5. The van der Waals surface area contributed by atoms with Crippen LogP contribution in [0.4, 0.5) is 11.9 Å². The highest BCUT2D eigenvalue weighted by atomic mass is 16.5. The summed E-state index contributed by atoms with van der Waals surface area (Å²) in [6, 6.07) is 7.78. The fourth-order valence-electron chi connectivity index (χ4n) is 8.14. The summed E-state index contributed by atoms with van der Waals surface area (Å²) in [5.74, 6) is -1.64. The first-order chi connectivity index (χ1) is 33.4. The zero-order valence-corrected chi connectivity index (χ0v) is 40.5. The summed E-state index contributed by atoms with van der Waals surface area (Å²) in [4.78, 5) is 70.0. The Morgan fingerprint density at radius 1 is 0.871 bits per heavy atom. The van der Waals surface area contributed by atoms with Gasteiger partial charge in [-0.05, 0) is 90.7 Å². The molecule has 1 saturated heterocycles. The second-order valence-electron chi connectivity index (χ2n) is 16.8. The number of guanidine groups is 1. The number of amides is 4. The minimum absolute atomic E-state index is 0.0129. The van der Waals surface area contributed by atoms with E-state index in [1.165, 1.54) is 37.5 Å². The molecule has 0 bridgehead atoms. The summed E-state index contributed by atoms with van der Waals surface area (Å²) >= 11 is 0. The molecule has 5 aromatic rings. The van der Waals surface area contributed by atoms with Crippen LogP contribution in [0.15, 0.2) is 71.4 Å². The Morgan fingerprint density at radius 2 is 1.47 bits per heavy atom. The lowest BCUT2D eigenvalue weighted by molar-refractivity contribution is -0.110. The maximum absolute atomic E-state index is 13.9. The SMILES string of the molecule is CCN=C(/C=C(/C)N)C(=O)Nc1nc2cc(C(N)=O)cc(OC)c2n1C/C=C/Cn1c(NC(=O)c2cc(C)nn2CC)nc2cc(C(N)=O)cc(OC/C=C/COC3CC(CN(C)C)N(C(=N)N)C3)c21. The number of nitrogens with two attached hydrogens (primary N) is 4. The van der Waals surface area contributed by atoms with Gasteiger partial charge in [-0.2, -0.15) is 5.10 Å². The summed E-state index contributed by atoms with van der Waals surface area (Å²) in [6.07, 6.45) is 9.29. The molecule has 1 aliphatic rings. The number of nitrogens with one attached hydrogen (secondary N) is 3. The number of likely N-dealkylation sites (N-methyl/N-ethyl adjacent to an activating group) is 1. The quantitative estimate of drug-likeness (QED) is 0.0298. The van der Waals surface area contributed by atoms with Gasteiger partial charge in [-0.1, -0.05) is 18.2 Å². The van der Waals surface area contributed by atoms with Crippen LogP contribution in [0.25, 0.3) is 22.1 Å². The third kappa shape index (κ3) is 12.1. The smallest absolute Gasteiger partial charge is 0.276 e. The number of likely N-dealkylation sites (tertiary alicyclic amines) is 1. The molecule has 0 radical (unpaired) electrons. The second-order valence-corrected chi connectivity index (χ2v) is 16.8. The van der Waals surface area contributed by atoms with E-state index in [9.17, 15) is 19.2 Å². The van der Waals surface area contributed by atoms with Gasteiger partial charge in [0.2, 0.25) is 23.7 Å². The molecule has 0 spiro atoms. The van der Waals surface area contributed by atoms with Gasteiger partial charge in [-0.25, -0.2) is 9.97 Å². The first-order valence-electron chi connectivity index (χ1n) is 22.6. The average molecular weight is 963 g/mol. The van der Waals surface area contributed by atoms with Crippen LogP contribution in [0.3, 0.4) is 0 Å². The first-order valence-corrected chi connectivity index (χ1v) is 22.6. The minimum atomic E-state index is -0.710. The van der Waals surface area contributed by atoms with Crippen molar-refractivity contribution in [2.45, 2.75) is 65.9 Å². The van der Waals surface area contributed by atoms with Crippen LogP contribution >= 0.6 is 0 Å². The lowest BCUT2D eigenvalue weighted by Crippen LogP contribution is -2.44. The van der Waals surface area contributed by atoms with Gasteiger partial charge >= 0.3 is 0 Å². The number of hydrogen-bond donors (Lipinski definition) is 7. The second kappa shape index (κ2) is 22.8. The fourth-order valence-corrected chi connectivity index (χ4v) is 8.14. The van der Waals surface area contributed by atoms with Crippen LogP contribution in [-0.4, -0.2) is 140 Å². The number of aromatic nitrogens is 6. The molecule has 372 valence electrons. The molecule has 2 aromatic carbocycles. The molecule has 1 fully saturated rings. The molecule has 6 rings (SSSR count). The molecule has 2 atom stereocenters. The van der Waals surface area contributed by atoms with E-state index >= 15 is 0 Å². The Kier molecular flexibility index (Phi) is 16.7. The predicted octanol–water partition coefficient (Wildman–Crippen LogP) is 2.74. The molecule has 0 aliphatic carbocycles. The van der Waals surface area contributed by atoms with Crippen molar-refractivity contribution in [2.75, 3.05) is 64.7 Å². The van der Waals surface area contributed by atoms with E-state index in [2.05, 4.69) is 30.6 Å². The van der Waals surface area contributed by atoms with Crippen molar-refractivity contribution < 1.29 is 33.4 Å². The van der Waals surface area contributed by atoms with Crippen LogP contribution in [0, 0.1) is 12.3 Å². The Labute approximate surface area is 404 Å². The van der Waals surface area contributed by atoms with Crippen molar-refractivity contribution >= 4 is 69.3 Å². The number of allylic oxidation sites excluding steroid dienone is 3. The van der Waals surface area contributed by atoms with E-state index in [4.69, 9.17) is 47.5 Å². The summed E-state index contributed by atoms with van der Waals surface area (Å²) in [6.45, 7) is 9.67. The topological polar surface area (TPSA) is 320 Å². The highest BCUT2D eigenvalue weighted by Crippen LogP contribution is 2.33. The lowest BCUT2D eigenvalue weighted by atomic mass is 10.1. The number of anilines is 2. The number of carbonyl (C=O) groups is 4. The van der Waals surface area contributed by atoms with Crippen LogP contribution in [0.5, 0.6) is 11.5 Å². The maximum atomic E-state index is 13.9. The summed E-state index contributed by atoms with van der Waals surface area (Å²) in [5, 5.41) is 18.2. The zero-order chi connectivity index (χ0) is 50.8. The molecule has 4 amide bonds. The van der Waals surface area contributed by atoms with Gasteiger partial charge in [0.15, 0.2) is 5.96 Å². The number of hydrogen-bond acceptors (Lipinski definition) is 14. The largest absolute Gasteiger partial charge is 0.494 e. The number of rotatable bonds is 22. The van der Waals surface area contributed by atoms with E-state index in [1.54, 1.807) is 52.8 Å². The summed E-state index contributed by atoms with van der Waals surface area (Å²) in [7, 11) is 5.39. The van der Waals surface area contributed by atoms with Crippen molar-refractivity contribution in [3.05, 3.63) is 88.9 Å². The summed E-state index contributed by atoms with van der Waals surface area (Å²) in [5.41, 5.74) is 26.5. The van der Waals surface area contributed by atoms with Crippen LogP contribution in [-0.2, 0) is 29.2 Å². The van der Waals surface area contributed by atoms with E-state index in [-0.39, 0.29) is 84.6 Å². The molecule has 70 heavy (non-hydrogen) atoms. The molecule has 1 aliphatic heterocycles. The number of methoxy groups -OCH3 is 1. The number of aliphatic imine (C=N–C) groups is 1. The zero-order valence-electron chi connectivity index (χ0n) is 40.5. The molecule has 11 N–H and O–H groups in total. The number of carbonyl (C=O) groups excluding carboxylic acids is 4. The van der Waals surface area contributed by atoms with Crippen molar-refractivity contribution in [2.24, 2.45) is 27.9 Å². The fraction of sp³-hybridized carbons (Fsp3) is 0.383. The molecule has 4 heterocycles. The third-order valence-electron chi connectivity index (χ3n) is 11.1. The number of primary amides is 2. The van der Waals surface area contributed by atoms with Crippen LogP contribution in [0.1, 0.15) is 64.1 Å². The number of fused-ring (bicyclic) bond motifs is 2. The lowest BCUT2D eigenvalue weighted by Gasteiger charge is -2.26. The Hall–Kier alpha value is -8.05. The summed E-state index contributed by atoms with van der Waals surface area (Å²) < 4.78 is 23.1. The van der Waals surface area contributed by atoms with Gasteiger partial charge in [0.1, 0.15) is 40.5 Å². The average Bonchev–Trinajstić information content (AvgIpc) is 4.07. The van der Waals surface area contributed by atoms with Gasteiger partial charge < -0.3 is 56.1 Å². The van der Waals surface area contributed by atoms with Crippen LogP contribution in [0.2, 0.25) is 0 Å². The Balaban J connectivity index is 1.33. The molecule has 2 unspecified atom stereocenters. The monoisotopic (exact) mass is 962 g/mol. The van der Waals surface area contributed by atoms with Crippen molar-refractivity contribution in [1.29, 1.82) is 5.41 Å². The Morgan fingerprint density at radius 3 is 2.03 bits per heavy atom. The van der Waals surface area contributed by atoms with Crippen molar-refractivity contribution in [3.8, 4) is 11.5 Å². The number of ether oxygens (including phenoxy) is 3. The third-order valence-corrected chi connectivity index (χ3v) is 11.1. The Bertz CT molecular complexity index is 2900. The van der Waals surface area contributed by atoms with E-state index in [0.29, 0.717) is 58.8 Å². The van der Waals surface area contributed by atoms with E-state index in [1.807, 2.05) is 38.1 Å². The molecule has 23 heteroatoms. The van der Waals surface area contributed by atoms with Crippen LogP contribution < -0.4 is 43.0 Å². The van der Waals surface area contributed by atoms with E-state index in [0.717, 1.165) is 13.0 Å². The molecular weight excluding hydrogens is 901 g/mol. The molecule has 23 nitrogen and oxygen atoms in total. The van der Waals surface area contributed by atoms with Gasteiger partial charge in [0.05, 0.1) is 36.5 Å². The highest BCUT2D eigenvalue weighted by molar-refractivity contribution is 6.47. The number of aryl methyl sites for hydroxylation is 2. The maximum Gasteiger partial charge on any atom is 0.276 e. The van der Waals surface area contributed by atoms with Gasteiger partial charge in [-0.3, -0.25) is 44.9 Å². The van der Waals surface area contributed by atoms with Crippen molar-refractivity contribution in [1.82, 2.24) is 38.7 Å². The first kappa shape index (κ1) is 51.3. The molecule has 3 aromatic heterocycles. The number of nitrogens with zero attached hydrogens (tertiary/aromatic N) is 9. The highest BCUT2D eigenvalue weighted by Gasteiger charge is 2.33. The number of benzene rings is 2.